The molecule has 0 fully saturated rings. The third-order valence-electron chi connectivity index (χ3n) is 6.19. The van der Waals surface area contributed by atoms with Crippen molar-refractivity contribution in [1.29, 1.82) is 0 Å². The lowest BCUT2D eigenvalue weighted by Gasteiger charge is -2.43. The Labute approximate surface area is 163 Å². The highest BCUT2D eigenvalue weighted by Gasteiger charge is 2.37. The molecule has 0 aliphatic heterocycles. The van der Waals surface area contributed by atoms with Gasteiger partial charge in [0, 0.05) is 18.4 Å². The zero-order chi connectivity index (χ0) is 20.0. The van der Waals surface area contributed by atoms with Crippen LogP contribution in [-0.4, -0.2) is 20.1 Å². The van der Waals surface area contributed by atoms with Crippen LogP contribution in [0.25, 0.3) is 0 Å². The van der Waals surface area contributed by atoms with E-state index in [1.54, 1.807) is 6.07 Å². The van der Waals surface area contributed by atoms with Crippen LogP contribution in [0.2, 0.25) is 0 Å². The van der Waals surface area contributed by atoms with Crippen molar-refractivity contribution in [2.75, 3.05) is 19.1 Å². The lowest BCUT2D eigenvalue weighted by molar-refractivity contribution is 0.0601. The molecule has 144 valence electrons. The average Bonchev–Trinajstić information content (AvgIpc) is 2.64. The molecule has 0 heterocycles. The summed E-state index contributed by atoms with van der Waals surface area (Å²) in [5.74, 6) is -0.310. The second kappa shape index (κ2) is 6.70. The highest BCUT2D eigenvalue weighted by molar-refractivity contribution is 5.90. The van der Waals surface area contributed by atoms with E-state index in [9.17, 15) is 4.79 Å². The number of methoxy groups -OCH3 is 1. The molecular formula is C24H31NO2. The molecule has 0 radical (unpaired) electrons. The van der Waals surface area contributed by atoms with E-state index in [0.717, 1.165) is 5.69 Å². The van der Waals surface area contributed by atoms with E-state index in [1.807, 2.05) is 18.2 Å². The highest BCUT2D eigenvalue weighted by Crippen LogP contribution is 2.48. The molecule has 0 spiro atoms. The van der Waals surface area contributed by atoms with Crippen LogP contribution in [0.15, 0.2) is 36.4 Å². The average molecular weight is 366 g/mol. The summed E-state index contributed by atoms with van der Waals surface area (Å²) in [6, 6.07) is 12.3. The predicted molar refractivity (Wildman–Crippen MR) is 112 cm³/mol. The number of ether oxygens (including phenoxy) is 1. The van der Waals surface area contributed by atoms with E-state index in [4.69, 9.17) is 4.74 Å². The molecule has 0 N–H and O–H groups in total. The largest absolute Gasteiger partial charge is 0.465 e. The first-order valence-electron chi connectivity index (χ1n) is 9.64. The van der Waals surface area contributed by atoms with Crippen LogP contribution in [-0.2, 0) is 15.6 Å². The number of hydrogen-bond donors (Lipinski definition) is 0. The van der Waals surface area contributed by atoms with Gasteiger partial charge in [-0.3, -0.25) is 0 Å². The normalized spacial score (nSPS) is 17.1. The minimum absolute atomic E-state index is 0.169. The molecule has 0 atom stereocenters. The Balaban J connectivity index is 2.09. The van der Waals surface area contributed by atoms with Crippen molar-refractivity contribution in [2.24, 2.45) is 0 Å². The number of nitrogens with zero attached hydrogens (tertiary/aromatic N) is 1. The van der Waals surface area contributed by atoms with E-state index >= 15 is 0 Å². The molecule has 27 heavy (non-hydrogen) atoms. The van der Waals surface area contributed by atoms with Crippen molar-refractivity contribution in [3.8, 4) is 0 Å². The fourth-order valence-corrected chi connectivity index (χ4v) is 4.17. The Morgan fingerprint density at radius 2 is 1.59 bits per heavy atom. The fraction of sp³-hybridized carbons (Fsp3) is 0.458. The molecule has 2 aromatic rings. The van der Waals surface area contributed by atoms with E-state index < -0.39 is 0 Å². The van der Waals surface area contributed by atoms with Crippen LogP contribution in [0.5, 0.6) is 0 Å². The molecular weight excluding hydrogens is 334 g/mol. The van der Waals surface area contributed by atoms with Gasteiger partial charge in [0.2, 0.25) is 0 Å². The van der Waals surface area contributed by atoms with Crippen LogP contribution in [0.4, 0.5) is 11.4 Å². The second-order valence-electron chi connectivity index (χ2n) is 9.05. The maximum Gasteiger partial charge on any atom is 0.337 e. The Bertz CT molecular complexity index is 880. The van der Waals surface area contributed by atoms with Crippen molar-refractivity contribution in [2.45, 2.75) is 58.3 Å². The molecule has 0 saturated heterocycles. The first-order valence-corrected chi connectivity index (χ1v) is 9.64. The molecule has 0 unspecified atom stereocenters. The van der Waals surface area contributed by atoms with Gasteiger partial charge < -0.3 is 9.64 Å². The number of benzene rings is 2. The van der Waals surface area contributed by atoms with Crippen LogP contribution in [0, 0.1) is 6.92 Å². The monoisotopic (exact) mass is 365 g/mol. The third kappa shape index (κ3) is 3.47. The van der Waals surface area contributed by atoms with Gasteiger partial charge in [-0.2, -0.15) is 0 Å². The molecule has 3 nitrogen and oxygen atoms in total. The van der Waals surface area contributed by atoms with Crippen LogP contribution in [0.1, 0.15) is 67.6 Å². The van der Waals surface area contributed by atoms with Gasteiger partial charge in [0.05, 0.1) is 12.7 Å². The first-order chi connectivity index (χ1) is 12.6. The number of hydrogen-bond acceptors (Lipinski definition) is 3. The van der Waals surface area contributed by atoms with Crippen LogP contribution < -0.4 is 4.90 Å². The summed E-state index contributed by atoms with van der Waals surface area (Å²) in [6.07, 6.45) is 2.40. The minimum Gasteiger partial charge on any atom is -0.465 e. The Morgan fingerprint density at radius 1 is 1.00 bits per heavy atom. The topological polar surface area (TPSA) is 29.5 Å². The van der Waals surface area contributed by atoms with E-state index in [0.29, 0.717) is 5.56 Å². The lowest BCUT2D eigenvalue weighted by atomic mass is 9.63. The van der Waals surface area contributed by atoms with Gasteiger partial charge in [-0.05, 0) is 71.6 Å². The van der Waals surface area contributed by atoms with Gasteiger partial charge in [0.15, 0.2) is 0 Å². The summed E-state index contributed by atoms with van der Waals surface area (Å²) in [7, 11) is 3.47. The highest BCUT2D eigenvalue weighted by atomic mass is 16.5. The maximum atomic E-state index is 11.9. The quantitative estimate of drug-likeness (QED) is 0.634. The number of carbonyl (C=O) groups excluding carboxylic acids is 1. The molecule has 0 aromatic heterocycles. The van der Waals surface area contributed by atoms with Crippen LogP contribution in [0.3, 0.4) is 0 Å². The Kier molecular flexibility index (Phi) is 4.83. The molecule has 0 amide bonds. The summed E-state index contributed by atoms with van der Waals surface area (Å²) in [4.78, 5) is 14.1. The molecule has 3 rings (SSSR count). The van der Waals surface area contributed by atoms with Crippen molar-refractivity contribution < 1.29 is 9.53 Å². The van der Waals surface area contributed by atoms with Crippen molar-refractivity contribution in [3.63, 3.8) is 0 Å². The summed E-state index contributed by atoms with van der Waals surface area (Å²) < 4.78 is 4.87. The standard InChI is InChI=1S/C24H31NO2/c1-16-13-19-20(24(4,5)12-11-23(19,2)3)15-21(16)25(6)18-10-8-9-17(14-18)22(26)27-7/h8-10,13-15H,11-12H2,1-7H3. The summed E-state index contributed by atoms with van der Waals surface area (Å²) in [5.41, 5.74) is 7.27. The minimum atomic E-state index is -0.310. The number of anilines is 2. The van der Waals surface area contributed by atoms with Gasteiger partial charge in [-0.15, -0.1) is 0 Å². The van der Waals surface area contributed by atoms with Gasteiger partial charge in [0.25, 0.3) is 0 Å². The molecule has 3 heteroatoms. The van der Waals surface area contributed by atoms with Gasteiger partial charge >= 0.3 is 5.97 Å². The summed E-state index contributed by atoms with van der Waals surface area (Å²) in [6.45, 7) is 11.6. The van der Waals surface area contributed by atoms with E-state index in [-0.39, 0.29) is 16.8 Å². The number of esters is 1. The zero-order valence-corrected chi connectivity index (χ0v) is 17.6. The second-order valence-corrected chi connectivity index (χ2v) is 9.05. The molecule has 1 aliphatic carbocycles. The number of fused-ring (bicyclic) bond motifs is 1. The van der Waals surface area contributed by atoms with E-state index in [1.165, 1.54) is 42.3 Å². The lowest BCUT2D eigenvalue weighted by Crippen LogP contribution is -2.34. The van der Waals surface area contributed by atoms with E-state index in [2.05, 4.69) is 58.7 Å². The molecule has 1 aliphatic rings. The number of rotatable bonds is 3. The van der Waals surface area contributed by atoms with Gasteiger partial charge in [-0.25, -0.2) is 4.79 Å². The Hall–Kier alpha value is -2.29. The van der Waals surface area contributed by atoms with Gasteiger partial charge in [-0.1, -0.05) is 39.8 Å². The molecule has 2 aromatic carbocycles. The number of carbonyl (C=O) groups is 1. The van der Waals surface area contributed by atoms with Crippen molar-refractivity contribution >= 4 is 17.3 Å². The summed E-state index contributed by atoms with van der Waals surface area (Å²) in [5, 5.41) is 0. The molecule has 0 bridgehead atoms. The van der Waals surface area contributed by atoms with Crippen LogP contribution >= 0.6 is 0 Å². The van der Waals surface area contributed by atoms with Crippen molar-refractivity contribution in [3.05, 3.63) is 58.7 Å². The SMILES string of the molecule is COC(=O)c1cccc(N(C)c2cc3c(cc2C)C(C)(C)CCC3(C)C)c1. The van der Waals surface area contributed by atoms with Crippen molar-refractivity contribution in [1.82, 2.24) is 0 Å². The first kappa shape index (κ1) is 19.5. The summed E-state index contributed by atoms with van der Waals surface area (Å²) >= 11 is 0. The smallest absolute Gasteiger partial charge is 0.337 e. The van der Waals surface area contributed by atoms with Gasteiger partial charge in [0.1, 0.15) is 0 Å². The maximum absolute atomic E-state index is 11.9. The zero-order valence-electron chi connectivity index (χ0n) is 17.6. The predicted octanol–water partition coefficient (Wildman–Crippen LogP) is 5.90. The third-order valence-corrected chi connectivity index (χ3v) is 6.19. The Morgan fingerprint density at radius 3 is 2.19 bits per heavy atom. The molecule has 0 saturated carbocycles. The number of aryl methyl sites for hydroxylation is 1. The fourth-order valence-electron chi connectivity index (χ4n) is 4.17.